The molecule has 0 unspecified atom stereocenters. The number of carbonyl (C=O) groups excluding carboxylic acids is 1. The molecule has 0 fully saturated rings. The Kier molecular flexibility index (Phi) is 7.81. The van der Waals surface area contributed by atoms with Crippen LogP contribution < -0.4 is 9.62 Å². The second kappa shape index (κ2) is 10.3. The van der Waals surface area contributed by atoms with Gasteiger partial charge in [0.15, 0.2) is 0 Å². The molecule has 8 heteroatoms. The molecule has 1 aliphatic rings. The third kappa shape index (κ3) is 6.00. The van der Waals surface area contributed by atoms with Crippen molar-refractivity contribution >= 4 is 44.8 Å². The van der Waals surface area contributed by atoms with E-state index in [0.29, 0.717) is 22.3 Å². The van der Waals surface area contributed by atoms with Gasteiger partial charge in [0.2, 0.25) is 5.91 Å². The molecule has 0 aliphatic heterocycles. The number of nitrogens with zero attached hydrogens (tertiary/aromatic N) is 1. The molecule has 1 N–H and O–H groups in total. The molecule has 0 spiro atoms. The smallest absolute Gasteiger partial charge is 0.264 e. The Bertz CT molecular complexity index is 1020. The third-order valence-corrected chi connectivity index (χ3v) is 7.21. The van der Waals surface area contributed by atoms with Crippen molar-refractivity contribution in [2.75, 3.05) is 17.4 Å². The molecule has 1 aliphatic carbocycles. The first kappa shape index (κ1) is 22.7. The minimum absolute atomic E-state index is 0.0482. The molecule has 3 rings (SSSR count). The molecule has 0 aromatic heterocycles. The molecule has 30 heavy (non-hydrogen) atoms. The first-order chi connectivity index (χ1) is 14.4. The highest BCUT2D eigenvalue weighted by atomic mass is 35.5. The average molecular weight is 467 g/mol. The van der Waals surface area contributed by atoms with Crippen molar-refractivity contribution in [1.29, 1.82) is 0 Å². The summed E-state index contributed by atoms with van der Waals surface area (Å²) >= 11 is 12.0. The van der Waals surface area contributed by atoms with Gasteiger partial charge in [-0.2, -0.15) is 0 Å². The second-order valence-corrected chi connectivity index (χ2v) is 9.89. The molecule has 5 nitrogen and oxygen atoms in total. The van der Waals surface area contributed by atoms with Gasteiger partial charge in [-0.3, -0.25) is 9.10 Å². The number of benzene rings is 2. The van der Waals surface area contributed by atoms with Gasteiger partial charge in [-0.25, -0.2) is 8.42 Å². The van der Waals surface area contributed by atoms with Crippen LogP contribution in [0.15, 0.2) is 65.1 Å². The summed E-state index contributed by atoms with van der Waals surface area (Å²) in [4.78, 5) is 12.6. The van der Waals surface area contributed by atoms with E-state index in [9.17, 15) is 13.2 Å². The largest absolute Gasteiger partial charge is 0.354 e. The van der Waals surface area contributed by atoms with Gasteiger partial charge in [0.25, 0.3) is 10.0 Å². The summed E-state index contributed by atoms with van der Waals surface area (Å²) in [5, 5.41) is 3.65. The van der Waals surface area contributed by atoms with Gasteiger partial charge in [-0.05, 0) is 74.6 Å². The van der Waals surface area contributed by atoms with E-state index in [-0.39, 0.29) is 17.3 Å². The van der Waals surface area contributed by atoms with E-state index in [2.05, 4.69) is 11.4 Å². The van der Waals surface area contributed by atoms with Crippen LogP contribution in [0.25, 0.3) is 0 Å². The monoisotopic (exact) mass is 466 g/mol. The number of halogens is 2. The van der Waals surface area contributed by atoms with Crippen molar-refractivity contribution in [3.05, 3.63) is 70.2 Å². The molecule has 2 aromatic carbocycles. The molecular weight excluding hydrogens is 443 g/mol. The Balaban J connectivity index is 1.77. The molecule has 2 aromatic rings. The quantitative estimate of drug-likeness (QED) is 0.543. The van der Waals surface area contributed by atoms with Crippen molar-refractivity contribution in [3.8, 4) is 0 Å². The molecule has 0 heterocycles. The fourth-order valence-corrected chi connectivity index (χ4v) is 5.08. The Labute approximate surface area is 187 Å². The Morgan fingerprint density at radius 3 is 2.47 bits per heavy atom. The van der Waals surface area contributed by atoms with Crippen molar-refractivity contribution in [2.24, 2.45) is 0 Å². The first-order valence-electron chi connectivity index (χ1n) is 9.85. The molecule has 1 amide bonds. The lowest BCUT2D eigenvalue weighted by Gasteiger charge is -2.24. The standard InChI is InChI=1S/C22H24Cl2N2O3S/c23-18-9-11-21(12-10-18)30(28,29)26(20-8-4-7-19(24)15-20)16-22(27)25-14-13-17-5-2-1-3-6-17/h4-5,7-12,15H,1-3,6,13-14,16H2,(H,25,27). The van der Waals surface area contributed by atoms with Gasteiger partial charge in [-0.15, -0.1) is 0 Å². The molecule has 160 valence electrons. The van der Waals surface area contributed by atoms with Gasteiger partial charge in [0.05, 0.1) is 10.6 Å². The molecule has 0 bridgehead atoms. The van der Waals surface area contributed by atoms with E-state index in [4.69, 9.17) is 23.2 Å². The normalized spacial score (nSPS) is 14.1. The molecule has 0 saturated heterocycles. The minimum atomic E-state index is -3.98. The van der Waals surface area contributed by atoms with Crippen LogP contribution in [0.5, 0.6) is 0 Å². The lowest BCUT2D eigenvalue weighted by atomic mass is 9.97. The summed E-state index contributed by atoms with van der Waals surface area (Å²) in [5.41, 5.74) is 1.67. The lowest BCUT2D eigenvalue weighted by Crippen LogP contribution is -2.41. The summed E-state index contributed by atoms with van der Waals surface area (Å²) in [5.74, 6) is -0.371. The van der Waals surface area contributed by atoms with E-state index in [1.807, 2.05) is 0 Å². The van der Waals surface area contributed by atoms with Crippen LogP contribution in [0.4, 0.5) is 5.69 Å². The lowest BCUT2D eigenvalue weighted by molar-refractivity contribution is -0.119. The number of allylic oxidation sites excluding steroid dienone is 1. The number of hydrogen-bond donors (Lipinski definition) is 1. The fraction of sp³-hybridized carbons (Fsp3) is 0.318. The number of nitrogens with one attached hydrogen (secondary N) is 1. The average Bonchev–Trinajstić information content (AvgIpc) is 2.73. The second-order valence-electron chi connectivity index (χ2n) is 7.15. The predicted molar refractivity (Wildman–Crippen MR) is 122 cm³/mol. The van der Waals surface area contributed by atoms with Crippen LogP contribution in [-0.4, -0.2) is 27.4 Å². The van der Waals surface area contributed by atoms with Crippen LogP contribution in [0.1, 0.15) is 32.1 Å². The summed E-state index contributed by atoms with van der Waals surface area (Å²) in [6.07, 6.45) is 7.57. The van der Waals surface area contributed by atoms with Crippen LogP contribution >= 0.6 is 23.2 Å². The Hall–Kier alpha value is -2.02. The minimum Gasteiger partial charge on any atom is -0.354 e. The maximum atomic E-state index is 13.3. The van der Waals surface area contributed by atoms with Gasteiger partial charge >= 0.3 is 0 Å². The highest BCUT2D eigenvalue weighted by Gasteiger charge is 2.27. The topological polar surface area (TPSA) is 66.5 Å². The summed E-state index contributed by atoms with van der Waals surface area (Å²) in [7, 11) is -3.98. The van der Waals surface area contributed by atoms with Crippen LogP contribution in [0.2, 0.25) is 10.0 Å². The Morgan fingerprint density at radius 2 is 1.80 bits per heavy atom. The molecular formula is C22H24Cl2N2O3S. The van der Waals surface area contributed by atoms with Gasteiger partial charge in [-0.1, -0.05) is 40.9 Å². The van der Waals surface area contributed by atoms with Crippen molar-refractivity contribution in [2.45, 2.75) is 37.0 Å². The molecule has 0 radical (unpaired) electrons. The Morgan fingerprint density at radius 1 is 1.03 bits per heavy atom. The van der Waals surface area contributed by atoms with Crippen molar-refractivity contribution < 1.29 is 13.2 Å². The first-order valence-corrected chi connectivity index (χ1v) is 12.0. The maximum absolute atomic E-state index is 13.3. The third-order valence-electron chi connectivity index (χ3n) is 4.94. The zero-order valence-electron chi connectivity index (χ0n) is 16.5. The number of carbonyl (C=O) groups is 1. The number of sulfonamides is 1. The van der Waals surface area contributed by atoms with Gasteiger partial charge < -0.3 is 5.32 Å². The van der Waals surface area contributed by atoms with Gasteiger partial charge in [0, 0.05) is 16.6 Å². The van der Waals surface area contributed by atoms with Crippen LogP contribution in [0, 0.1) is 0 Å². The van der Waals surface area contributed by atoms with E-state index in [1.54, 1.807) is 18.2 Å². The summed E-state index contributed by atoms with van der Waals surface area (Å²) < 4.78 is 27.6. The van der Waals surface area contributed by atoms with Crippen LogP contribution in [0.3, 0.4) is 0 Å². The van der Waals surface area contributed by atoms with E-state index in [1.165, 1.54) is 48.7 Å². The maximum Gasteiger partial charge on any atom is 0.264 e. The zero-order chi connectivity index (χ0) is 21.6. The highest BCUT2D eigenvalue weighted by Crippen LogP contribution is 2.27. The fourth-order valence-electron chi connectivity index (χ4n) is 3.36. The number of hydrogen-bond acceptors (Lipinski definition) is 3. The number of anilines is 1. The highest BCUT2D eigenvalue weighted by molar-refractivity contribution is 7.92. The van der Waals surface area contributed by atoms with Crippen LogP contribution in [-0.2, 0) is 14.8 Å². The summed E-state index contributed by atoms with van der Waals surface area (Å²) in [6, 6.07) is 12.3. The van der Waals surface area contributed by atoms with E-state index >= 15 is 0 Å². The number of amides is 1. The van der Waals surface area contributed by atoms with E-state index < -0.39 is 10.0 Å². The zero-order valence-corrected chi connectivity index (χ0v) is 18.8. The predicted octanol–water partition coefficient (Wildman–Crippen LogP) is 5.20. The van der Waals surface area contributed by atoms with Gasteiger partial charge in [0.1, 0.15) is 6.54 Å². The number of rotatable bonds is 8. The van der Waals surface area contributed by atoms with Crippen molar-refractivity contribution in [3.63, 3.8) is 0 Å². The molecule has 0 atom stereocenters. The molecule has 0 saturated carbocycles. The van der Waals surface area contributed by atoms with Crippen molar-refractivity contribution in [1.82, 2.24) is 5.32 Å². The summed E-state index contributed by atoms with van der Waals surface area (Å²) in [6.45, 7) is 0.138. The SMILES string of the molecule is O=C(CN(c1cccc(Cl)c1)S(=O)(=O)c1ccc(Cl)cc1)NCCC1=CCCCC1. The van der Waals surface area contributed by atoms with E-state index in [0.717, 1.165) is 23.6 Å².